The molecule has 2 heterocycles. The second kappa shape index (κ2) is 5.04. The number of nitrogens with zero attached hydrogens (tertiary/aromatic N) is 1. The second-order valence-electron chi connectivity index (χ2n) is 4.55. The van der Waals surface area contributed by atoms with Crippen LogP contribution >= 0.6 is 23.2 Å². The molecule has 1 aromatic carbocycles. The number of piperazine rings is 1. The summed E-state index contributed by atoms with van der Waals surface area (Å²) in [6.45, 7) is 3.03. The number of hydrogen-bond donors (Lipinski definition) is 2. The van der Waals surface area contributed by atoms with Crippen LogP contribution in [0.2, 0.25) is 10.0 Å². The van der Waals surface area contributed by atoms with E-state index in [1.807, 2.05) is 6.07 Å². The van der Waals surface area contributed by atoms with Gasteiger partial charge in [-0.2, -0.15) is 0 Å². The van der Waals surface area contributed by atoms with Crippen molar-refractivity contribution in [1.29, 1.82) is 0 Å². The maximum absolute atomic E-state index is 12.4. The molecule has 0 atom stereocenters. The molecule has 0 unspecified atom stereocenters. The topological polar surface area (TPSA) is 48.1 Å². The highest BCUT2D eigenvalue weighted by Gasteiger charge is 2.23. The molecule has 0 bridgehead atoms. The summed E-state index contributed by atoms with van der Waals surface area (Å²) < 4.78 is 0. The summed E-state index contributed by atoms with van der Waals surface area (Å²) in [5, 5.41) is 5.05. The second-order valence-corrected chi connectivity index (χ2v) is 5.36. The van der Waals surface area contributed by atoms with Crippen LogP contribution in [0.5, 0.6) is 0 Å². The lowest BCUT2D eigenvalue weighted by atomic mass is 10.2. The van der Waals surface area contributed by atoms with Gasteiger partial charge in [0.2, 0.25) is 0 Å². The van der Waals surface area contributed by atoms with Crippen molar-refractivity contribution in [3.63, 3.8) is 0 Å². The average molecular weight is 298 g/mol. The first-order chi connectivity index (χ1) is 9.16. The van der Waals surface area contributed by atoms with E-state index >= 15 is 0 Å². The van der Waals surface area contributed by atoms with Gasteiger partial charge in [0.1, 0.15) is 5.69 Å². The number of aromatic amines is 1. The maximum Gasteiger partial charge on any atom is 0.271 e. The van der Waals surface area contributed by atoms with Gasteiger partial charge in [-0.25, -0.2) is 0 Å². The van der Waals surface area contributed by atoms with E-state index in [1.54, 1.807) is 17.0 Å². The predicted octanol–water partition coefficient (Wildman–Crippen LogP) is 2.52. The maximum atomic E-state index is 12.4. The van der Waals surface area contributed by atoms with Crippen LogP contribution in [-0.2, 0) is 0 Å². The molecule has 0 saturated carbocycles. The summed E-state index contributed by atoms with van der Waals surface area (Å²) in [6.07, 6.45) is 0. The smallest absolute Gasteiger partial charge is 0.271 e. The average Bonchev–Trinajstić information content (AvgIpc) is 2.76. The van der Waals surface area contributed by atoms with Crippen LogP contribution in [0.3, 0.4) is 0 Å². The minimum Gasteiger partial charge on any atom is -0.349 e. The van der Waals surface area contributed by atoms with Crippen LogP contribution in [0.25, 0.3) is 10.9 Å². The number of nitrogens with one attached hydrogen (secondary N) is 2. The summed E-state index contributed by atoms with van der Waals surface area (Å²) in [5.41, 5.74) is 1.27. The molecule has 100 valence electrons. The van der Waals surface area contributed by atoms with Crippen LogP contribution in [0.1, 0.15) is 10.5 Å². The Labute approximate surface area is 120 Å². The lowest BCUT2D eigenvalue weighted by molar-refractivity contribution is 0.0731. The zero-order valence-corrected chi connectivity index (χ0v) is 11.7. The van der Waals surface area contributed by atoms with E-state index in [1.165, 1.54) is 0 Å². The molecular weight excluding hydrogens is 285 g/mol. The number of carbonyl (C=O) groups is 1. The van der Waals surface area contributed by atoms with Crippen LogP contribution in [0, 0.1) is 0 Å². The number of carbonyl (C=O) groups excluding carboxylic acids is 1. The Morgan fingerprint density at radius 1 is 1.21 bits per heavy atom. The molecular formula is C13H13Cl2N3O. The molecule has 1 amide bonds. The van der Waals surface area contributed by atoms with E-state index in [4.69, 9.17) is 23.2 Å². The molecule has 0 spiro atoms. The Morgan fingerprint density at radius 3 is 2.68 bits per heavy atom. The molecule has 1 aliphatic rings. The van der Waals surface area contributed by atoms with Crippen molar-refractivity contribution in [1.82, 2.24) is 15.2 Å². The molecule has 1 fully saturated rings. The number of aromatic nitrogens is 1. The fourth-order valence-electron chi connectivity index (χ4n) is 2.30. The summed E-state index contributed by atoms with van der Waals surface area (Å²) in [5.74, 6) is -0.0566. The molecule has 19 heavy (non-hydrogen) atoms. The van der Waals surface area contributed by atoms with Crippen LogP contribution in [0.15, 0.2) is 18.2 Å². The van der Waals surface area contributed by atoms with Gasteiger partial charge in [-0.15, -0.1) is 0 Å². The lowest BCUT2D eigenvalue weighted by Crippen LogP contribution is -2.46. The Morgan fingerprint density at radius 2 is 1.95 bits per heavy atom. The van der Waals surface area contributed by atoms with Crippen molar-refractivity contribution >= 4 is 40.0 Å². The van der Waals surface area contributed by atoms with Crippen LogP contribution in [-0.4, -0.2) is 42.0 Å². The third-order valence-corrected chi connectivity index (χ3v) is 3.94. The van der Waals surface area contributed by atoms with Gasteiger partial charge in [0.15, 0.2) is 0 Å². The Kier molecular flexibility index (Phi) is 3.39. The van der Waals surface area contributed by atoms with Crippen molar-refractivity contribution in [2.24, 2.45) is 0 Å². The normalized spacial score (nSPS) is 16.0. The molecule has 1 aromatic heterocycles. The van der Waals surface area contributed by atoms with Crippen molar-refractivity contribution < 1.29 is 4.79 Å². The van der Waals surface area contributed by atoms with Crippen molar-refractivity contribution in [3.05, 3.63) is 33.9 Å². The Hall–Kier alpha value is -1.23. The Bertz CT molecular complexity index is 632. The minimum absolute atomic E-state index is 0.0566. The van der Waals surface area contributed by atoms with Gasteiger partial charge in [0.25, 0.3) is 5.91 Å². The zero-order valence-electron chi connectivity index (χ0n) is 10.2. The summed E-state index contributed by atoms with van der Waals surface area (Å²) >= 11 is 12.2. The minimum atomic E-state index is -0.0566. The van der Waals surface area contributed by atoms with Gasteiger partial charge in [0, 0.05) is 42.1 Å². The number of amides is 1. The molecule has 1 saturated heterocycles. The predicted molar refractivity (Wildman–Crippen MR) is 77.1 cm³/mol. The van der Waals surface area contributed by atoms with Crippen molar-refractivity contribution in [3.8, 4) is 0 Å². The Balaban J connectivity index is 2.00. The molecule has 4 nitrogen and oxygen atoms in total. The van der Waals surface area contributed by atoms with Gasteiger partial charge >= 0.3 is 0 Å². The summed E-state index contributed by atoms with van der Waals surface area (Å²) in [7, 11) is 0. The zero-order chi connectivity index (χ0) is 13.4. The van der Waals surface area contributed by atoms with E-state index < -0.39 is 0 Å². The fourth-order valence-corrected chi connectivity index (χ4v) is 2.76. The monoisotopic (exact) mass is 297 g/mol. The number of H-pyrrole nitrogens is 1. The van der Waals surface area contributed by atoms with Gasteiger partial charge in [-0.05, 0) is 18.2 Å². The number of fused-ring (bicyclic) bond motifs is 1. The highest BCUT2D eigenvalue weighted by atomic mass is 35.5. The van der Waals surface area contributed by atoms with E-state index in [-0.39, 0.29) is 5.91 Å². The van der Waals surface area contributed by atoms with Crippen molar-refractivity contribution in [2.75, 3.05) is 26.2 Å². The van der Waals surface area contributed by atoms with Crippen LogP contribution < -0.4 is 5.32 Å². The highest BCUT2D eigenvalue weighted by Crippen LogP contribution is 2.30. The molecule has 0 radical (unpaired) electrons. The molecule has 6 heteroatoms. The van der Waals surface area contributed by atoms with E-state index in [0.717, 1.165) is 24.0 Å². The van der Waals surface area contributed by atoms with E-state index in [2.05, 4.69) is 10.3 Å². The van der Waals surface area contributed by atoms with E-state index in [0.29, 0.717) is 28.8 Å². The molecule has 2 N–H and O–H groups in total. The highest BCUT2D eigenvalue weighted by molar-refractivity contribution is 6.39. The first-order valence-electron chi connectivity index (χ1n) is 6.13. The van der Waals surface area contributed by atoms with Crippen LogP contribution in [0.4, 0.5) is 0 Å². The van der Waals surface area contributed by atoms with Crippen molar-refractivity contribution in [2.45, 2.75) is 0 Å². The number of hydrogen-bond acceptors (Lipinski definition) is 2. The first kappa shape index (κ1) is 12.8. The van der Waals surface area contributed by atoms with Gasteiger partial charge < -0.3 is 15.2 Å². The SMILES string of the molecule is O=C(c1[nH]c2ccc(Cl)cc2c1Cl)N1CCNCC1. The van der Waals surface area contributed by atoms with E-state index in [9.17, 15) is 4.79 Å². The number of benzene rings is 1. The standard InChI is InChI=1S/C13H13Cl2N3O/c14-8-1-2-10-9(7-8)11(15)12(17-10)13(19)18-5-3-16-4-6-18/h1-2,7,16-17H,3-6H2. The third kappa shape index (κ3) is 2.31. The number of halogens is 2. The lowest BCUT2D eigenvalue weighted by Gasteiger charge is -2.27. The molecule has 2 aromatic rings. The number of rotatable bonds is 1. The largest absolute Gasteiger partial charge is 0.349 e. The quantitative estimate of drug-likeness (QED) is 0.850. The molecule has 3 rings (SSSR count). The molecule has 1 aliphatic heterocycles. The fraction of sp³-hybridized carbons (Fsp3) is 0.308. The molecule has 0 aliphatic carbocycles. The summed E-state index contributed by atoms with van der Waals surface area (Å²) in [4.78, 5) is 17.3. The van der Waals surface area contributed by atoms with Gasteiger partial charge in [-0.1, -0.05) is 23.2 Å². The van der Waals surface area contributed by atoms with Gasteiger partial charge in [-0.3, -0.25) is 4.79 Å². The first-order valence-corrected chi connectivity index (χ1v) is 6.89. The third-order valence-electron chi connectivity index (χ3n) is 3.32. The van der Waals surface area contributed by atoms with Gasteiger partial charge in [0.05, 0.1) is 5.02 Å². The summed E-state index contributed by atoms with van der Waals surface area (Å²) in [6, 6.07) is 5.37.